The zero-order valence-corrected chi connectivity index (χ0v) is 16.2. The molecule has 2 aromatic heterocycles. The van der Waals surface area contributed by atoms with Gasteiger partial charge < -0.3 is 9.64 Å². The lowest BCUT2D eigenvalue weighted by Crippen LogP contribution is -2.30. The average Bonchev–Trinajstić information content (AvgIpc) is 3.42. The van der Waals surface area contributed by atoms with Gasteiger partial charge in [0.15, 0.2) is 0 Å². The fraction of sp³-hybridized carbons (Fsp3) is 0.300. The van der Waals surface area contributed by atoms with Gasteiger partial charge in [0.2, 0.25) is 0 Å². The van der Waals surface area contributed by atoms with Gasteiger partial charge in [-0.25, -0.2) is 4.98 Å². The number of carbonyl (C=O) groups is 1. The van der Waals surface area contributed by atoms with Gasteiger partial charge >= 0.3 is 0 Å². The van der Waals surface area contributed by atoms with E-state index < -0.39 is 0 Å². The normalized spacial score (nSPS) is 16.8. The molecule has 1 atom stereocenters. The summed E-state index contributed by atoms with van der Waals surface area (Å²) in [5.41, 5.74) is 1.71. The van der Waals surface area contributed by atoms with Crippen molar-refractivity contribution < 1.29 is 9.53 Å². The second kappa shape index (κ2) is 7.60. The first-order chi connectivity index (χ1) is 12.8. The predicted molar refractivity (Wildman–Crippen MR) is 106 cm³/mol. The molecule has 3 aromatic rings. The van der Waals surface area contributed by atoms with Crippen molar-refractivity contribution in [1.29, 1.82) is 0 Å². The van der Waals surface area contributed by atoms with Crippen LogP contribution in [0.4, 0.5) is 0 Å². The fourth-order valence-corrected chi connectivity index (χ4v) is 4.95. The fourth-order valence-electron chi connectivity index (χ4n) is 3.34. The van der Waals surface area contributed by atoms with Gasteiger partial charge in [-0.2, -0.15) is 0 Å². The third-order valence-corrected chi connectivity index (χ3v) is 6.43. The highest BCUT2D eigenvalue weighted by atomic mass is 32.1. The van der Waals surface area contributed by atoms with Crippen LogP contribution in [0.5, 0.6) is 5.75 Å². The Labute approximate surface area is 161 Å². The molecule has 6 heteroatoms. The molecule has 0 saturated carbocycles. The van der Waals surface area contributed by atoms with Crippen LogP contribution in [0.2, 0.25) is 0 Å². The summed E-state index contributed by atoms with van der Waals surface area (Å²) in [7, 11) is 0. The summed E-state index contributed by atoms with van der Waals surface area (Å²) in [6.07, 6.45) is 2.01. The topological polar surface area (TPSA) is 42.4 Å². The molecular formula is C20H20N2O2S2. The number of rotatable bonds is 5. The van der Waals surface area contributed by atoms with Crippen LogP contribution in [-0.4, -0.2) is 28.9 Å². The number of ether oxygens (including phenoxy) is 1. The van der Waals surface area contributed by atoms with Crippen LogP contribution in [0.3, 0.4) is 0 Å². The van der Waals surface area contributed by atoms with Gasteiger partial charge in [0.1, 0.15) is 16.5 Å². The zero-order valence-electron chi connectivity index (χ0n) is 14.6. The van der Waals surface area contributed by atoms with E-state index >= 15 is 0 Å². The summed E-state index contributed by atoms with van der Waals surface area (Å²) in [6.45, 7) is 3.41. The van der Waals surface area contributed by atoms with Crippen molar-refractivity contribution in [3.8, 4) is 15.6 Å². The molecule has 0 radical (unpaired) electrons. The molecule has 1 aliphatic heterocycles. The number of aromatic nitrogens is 1. The molecule has 1 saturated heterocycles. The minimum atomic E-state index is 0.0282. The molecule has 0 bridgehead atoms. The number of carbonyl (C=O) groups excluding carboxylic acids is 1. The quantitative estimate of drug-likeness (QED) is 0.603. The van der Waals surface area contributed by atoms with Crippen LogP contribution in [0.25, 0.3) is 9.88 Å². The predicted octanol–water partition coefficient (Wildman–Crippen LogP) is 5.25. The number of hydrogen-bond acceptors (Lipinski definition) is 5. The zero-order chi connectivity index (χ0) is 17.9. The van der Waals surface area contributed by atoms with Gasteiger partial charge in [-0.05, 0) is 48.9 Å². The number of hydrogen-bond donors (Lipinski definition) is 0. The van der Waals surface area contributed by atoms with Gasteiger partial charge in [-0.1, -0.05) is 18.2 Å². The van der Waals surface area contributed by atoms with E-state index in [0.29, 0.717) is 12.3 Å². The first kappa shape index (κ1) is 17.2. The van der Waals surface area contributed by atoms with Crippen LogP contribution in [0, 0.1) is 0 Å². The van der Waals surface area contributed by atoms with Gasteiger partial charge in [-0.3, -0.25) is 4.79 Å². The van der Waals surface area contributed by atoms with Crippen molar-refractivity contribution in [2.24, 2.45) is 0 Å². The summed E-state index contributed by atoms with van der Waals surface area (Å²) >= 11 is 3.18. The Hall–Kier alpha value is -2.18. The highest BCUT2D eigenvalue weighted by molar-refractivity contribution is 7.20. The molecule has 0 spiro atoms. The van der Waals surface area contributed by atoms with Crippen molar-refractivity contribution in [3.63, 3.8) is 0 Å². The third-order valence-electron chi connectivity index (χ3n) is 4.54. The van der Waals surface area contributed by atoms with Gasteiger partial charge in [-0.15, -0.1) is 22.7 Å². The molecule has 1 fully saturated rings. The maximum Gasteiger partial charge on any atom is 0.273 e. The van der Waals surface area contributed by atoms with Crippen LogP contribution >= 0.6 is 22.7 Å². The number of likely N-dealkylation sites (tertiary alicyclic amines) is 1. The van der Waals surface area contributed by atoms with Crippen LogP contribution in [0.1, 0.15) is 41.9 Å². The van der Waals surface area contributed by atoms with E-state index in [4.69, 9.17) is 4.74 Å². The number of benzene rings is 1. The number of nitrogens with zero attached hydrogens (tertiary/aromatic N) is 2. The average molecular weight is 385 g/mol. The number of thiazole rings is 1. The number of amides is 1. The minimum Gasteiger partial charge on any atom is -0.494 e. The molecule has 0 unspecified atom stereocenters. The lowest BCUT2D eigenvalue weighted by atomic mass is 10.0. The molecule has 134 valence electrons. The third kappa shape index (κ3) is 3.39. The summed E-state index contributed by atoms with van der Waals surface area (Å²) in [4.78, 5) is 20.7. The Bertz CT molecular complexity index is 872. The molecule has 1 aliphatic rings. The molecule has 0 aliphatic carbocycles. The smallest absolute Gasteiger partial charge is 0.273 e. The van der Waals surface area contributed by atoms with Crippen molar-refractivity contribution in [3.05, 3.63) is 58.4 Å². The first-order valence-electron chi connectivity index (χ1n) is 8.79. The van der Waals surface area contributed by atoms with Crippen LogP contribution in [0.15, 0.2) is 47.2 Å². The molecule has 1 aromatic carbocycles. The largest absolute Gasteiger partial charge is 0.494 e. The summed E-state index contributed by atoms with van der Waals surface area (Å²) < 4.78 is 5.52. The van der Waals surface area contributed by atoms with E-state index in [9.17, 15) is 4.79 Å². The maximum atomic E-state index is 13.0. The highest BCUT2D eigenvalue weighted by Gasteiger charge is 2.31. The molecule has 26 heavy (non-hydrogen) atoms. The first-order valence-corrected chi connectivity index (χ1v) is 10.6. The molecular weight excluding hydrogens is 364 g/mol. The van der Waals surface area contributed by atoms with Crippen LogP contribution in [-0.2, 0) is 0 Å². The monoisotopic (exact) mass is 384 g/mol. The summed E-state index contributed by atoms with van der Waals surface area (Å²) in [5.74, 6) is 0.896. The number of thiophene rings is 1. The SMILES string of the molecule is CCOc1ccc([C@H]2CCCN2C(=O)c2csc(-c3cccs3)n2)cc1. The Morgan fingerprint density at radius 1 is 1.27 bits per heavy atom. The molecule has 4 nitrogen and oxygen atoms in total. The van der Waals surface area contributed by atoms with Crippen molar-refractivity contribution >= 4 is 28.6 Å². The lowest BCUT2D eigenvalue weighted by Gasteiger charge is -2.24. The Morgan fingerprint density at radius 3 is 2.85 bits per heavy atom. The van der Waals surface area contributed by atoms with Gasteiger partial charge in [0.25, 0.3) is 5.91 Å². The van der Waals surface area contributed by atoms with Crippen molar-refractivity contribution in [1.82, 2.24) is 9.88 Å². The Kier molecular flexibility index (Phi) is 5.04. The van der Waals surface area contributed by atoms with Crippen LogP contribution < -0.4 is 4.74 Å². The Balaban J connectivity index is 1.53. The van der Waals surface area contributed by atoms with Gasteiger partial charge in [0, 0.05) is 11.9 Å². The minimum absolute atomic E-state index is 0.0282. The van der Waals surface area contributed by atoms with E-state index in [1.165, 1.54) is 11.3 Å². The summed E-state index contributed by atoms with van der Waals surface area (Å²) in [6, 6.07) is 12.3. The lowest BCUT2D eigenvalue weighted by molar-refractivity contribution is 0.0730. The second-order valence-electron chi connectivity index (χ2n) is 6.17. The highest BCUT2D eigenvalue weighted by Crippen LogP contribution is 2.35. The van der Waals surface area contributed by atoms with E-state index in [1.54, 1.807) is 11.3 Å². The molecule has 0 N–H and O–H groups in total. The molecule has 4 rings (SSSR count). The molecule has 1 amide bonds. The van der Waals surface area contributed by atoms with E-state index in [1.807, 2.05) is 46.8 Å². The van der Waals surface area contributed by atoms with Gasteiger partial charge in [0.05, 0.1) is 17.5 Å². The maximum absolute atomic E-state index is 13.0. The summed E-state index contributed by atoms with van der Waals surface area (Å²) in [5, 5.41) is 4.83. The Morgan fingerprint density at radius 2 is 2.12 bits per heavy atom. The van der Waals surface area contributed by atoms with Crippen molar-refractivity contribution in [2.45, 2.75) is 25.8 Å². The van der Waals surface area contributed by atoms with E-state index in [0.717, 1.165) is 40.6 Å². The standard InChI is InChI=1S/C20H20N2O2S2/c1-2-24-15-9-7-14(8-10-15)17-5-3-11-22(17)20(23)16-13-26-19(21-16)18-6-4-12-25-18/h4,6-10,12-13,17H,2-3,5,11H2,1H3/t17-/m1/s1. The van der Waals surface area contributed by atoms with E-state index in [-0.39, 0.29) is 11.9 Å². The molecule has 3 heterocycles. The second-order valence-corrected chi connectivity index (χ2v) is 7.98. The van der Waals surface area contributed by atoms with Crippen molar-refractivity contribution in [2.75, 3.05) is 13.2 Å². The van der Waals surface area contributed by atoms with E-state index in [2.05, 4.69) is 17.1 Å².